The van der Waals surface area contributed by atoms with Gasteiger partial charge in [-0.05, 0) is 37.4 Å². The van der Waals surface area contributed by atoms with E-state index in [2.05, 4.69) is 16.9 Å². The van der Waals surface area contributed by atoms with Crippen molar-refractivity contribution in [3.8, 4) is 0 Å². The lowest BCUT2D eigenvalue weighted by molar-refractivity contribution is 0.215. The van der Waals surface area contributed by atoms with Crippen LogP contribution in [0.15, 0.2) is 18.3 Å². The Morgan fingerprint density at radius 3 is 2.81 bits per heavy atom. The van der Waals surface area contributed by atoms with Gasteiger partial charge in [-0.15, -0.1) is 0 Å². The van der Waals surface area contributed by atoms with Crippen LogP contribution in [0.1, 0.15) is 18.4 Å². The van der Waals surface area contributed by atoms with Gasteiger partial charge in [-0.1, -0.05) is 17.7 Å². The highest BCUT2D eigenvalue weighted by Crippen LogP contribution is 2.34. The van der Waals surface area contributed by atoms with E-state index in [1.807, 2.05) is 18.3 Å². The van der Waals surface area contributed by atoms with Gasteiger partial charge >= 0.3 is 0 Å². The van der Waals surface area contributed by atoms with Gasteiger partial charge in [0.05, 0.1) is 0 Å². The first-order valence-corrected chi connectivity index (χ1v) is 6.09. The quantitative estimate of drug-likeness (QED) is 0.799. The molecule has 0 amide bonds. The largest absolute Gasteiger partial charge is 0.329 e. The van der Waals surface area contributed by atoms with Crippen molar-refractivity contribution in [2.45, 2.75) is 25.4 Å². The molecule has 0 saturated heterocycles. The van der Waals surface area contributed by atoms with E-state index >= 15 is 0 Å². The van der Waals surface area contributed by atoms with Crippen molar-refractivity contribution < 1.29 is 0 Å². The Balaban J connectivity index is 1.94. The number of likely N-dealkylation sites (N-methyl/N-ethyl adjacent to an activating group) is 1. The van der Waals surface area contributed by atoms with Crippen LogP contribution < -0.4 is 5.73 Å². The zero-order valence-corrected chi connectivity index (χ0v) is 10.3. The summed E-state index contributed by atoms with van der Waals surface area (Å²) in [6.07, 6.45) is 4.48. The molecule has 2 N–H and O–H groups in total. The fourth-order valence-corrected chi connectivity index (χ4v) is 2.23. The van der Waals surface area contributed by atoms with Crippen LogP contribution in [0.25, 0.3) is 0 Å². The molecular formula is C12H18ClN3. The number of rotatable bonds is 5. The summed E-state index contributed by atoms with van der Waals surface area (Å²) in [6.45, 7) is 1.63. The van der Waals surface area contributed by atoms with Gasteiger partial charge in [-0.2, -0.15) is 0 Å². The number of aromatic nitrogens is 1. The molecule has 0 spiro atoms. The SMILES string of the molecule is CN(Cc1ccc(Cl)nc1)C(CN)C1CC1. The van der Waals surface area contributed by atoms with Gasteiger partial charge in [0, 0.05) is 25.3 Å². The van der Waals surface area contributed by atoms with Crippen LogP contribution in [0.3, 0.4) is 0 Å². The number of hydrogen-bond acceptors (Lipinski definition) is 3. The second-order valence-corrected chi connectivity index (χ2v) is 4.93. The number of nitrogens with zero attached hydrogens (tertiary/aromatic N) is 2. The molecule has 0 bridgehead atoms. The zero-order valence-electron chi connectivity index (χ0n) is 9.56. The molecule has 1 aliphatic rings. The lowest BCUT2D eigenvalue weighted by Crippen LogP contribution is -2.39. The number of pyridine rings is 1. The molecule has 1 aromatic heterocycles. The lowest BCUT2D eigenvalue weighted by Gasteiger charge is -2.26. The molecule has 3 nitrogen and oxygen atoms in total. The molecule has 1 fully saturated rings. The third-order valence-corrected chi connectivity index (χ3v) is 3.42. The zero-order chi connectivity index (χ0) is 11.5. The molecule has 0 radical (unpaired) electrons. The van der Waals surface area contributed by atoms with Crippen molar-refractivity contribution in [3.63, 3.8) is 0 Å². The van der Waals surface area contributed by atoms with E-state index < -0.39 is 0 Å². The minimum absolute atomic E-state index is 0.510. The number of halogens is 1. The summed E-state index contributed by atoms with van der Waals surface area (Å²) in [7, 11) is 2.13. The molecule has 1 aromatic rings. The molecule has 1 saturated carbocycles. The van der Waals surface area contributed by atoms with Gasteiger partial charge in [0.2, 0.25) is 0 Å². The summed E-state index contributed by atoms with van der Waals surface area (Å²) in [5, 5.41) is 0.545. The Kier molecular flexibility index (Phi) is 3.79. The summed E-state index contributed by atoms with van der Waals surface area (Å²) in [6, 6.07) is 4.36. The number of nitrogens with two attached hydrogens (primary N) is 1. The Morgan fingerprint density at radius 2 is 2.31 bits per heavy atom. The monoisotopic (exact) mass is 239 g/mol. The molecule has 1 heterocycles. The maximum absolute atomic E-state index is 5.81. The van der Waals surface area contributed by atoms with Gasteiger partial charge in [-0.25, -0.2) is 4.98 Å². The lowest BCUT2D eigenvalue weighted by atomic mass is 10.1. The van der Waals surface area contributed by atoms with E-state index in [1.165, 1.54) is 18.4 Å². The summed E-state index contributed by atoms with van der Waals surface area (Å²) >= 11 is 5.75. The average Bonchev–Trinajstić information content (AvgIpc) is 3.07. The topological polar surface area (TPSA) is 42.2 Å². The van der Waals surface area contributed by atoms with Crippen LogP contribution in [0.5, 0.6) is 0 Å². The predicted octanol–water partition coefficient (Wildman–Crippen LogP) is 1.90. The highest BCUT2D eigenvalue weighted by molar-refractivity contribution is 6.29. The van der Waals surface area contributed by atoms with E-state index in [9.17, 15) is 0 Å². The van der Waals surface area contributed by atoms with Crippen molar-refractivity contribution in [3.05, 3.63) is 29.0 Å². The third kappa shape index (κ3) is 2.94. The maximum atomic E-state index is 5.81. The first-order valence-electron chi connectivity index (χ1n) is 5.71. The van der Waals surface area contributed by atoms with Crippen molar-refractivity contribution >= 4 is 11.6 Å². The van der Waals surface area contributed by atoms with Crippen LogP contribution in [-0.2, 0) is 6.54 Å². The second kappa shape index (κ2) is 5.13. The molecule has 0 aromatic carbocycles. The maximum Gasteiger partial charge on any atom is 0.129 e. The standard InChI is InChI=1S/C12H18ClN3/c1-16(11(6-14)10-3-4-10)8-9-2-5-12(13)15-7-9/h2,5,7,10-11H,3-4,6,8,14H2,1H3. The molecule has 88 valence electrons. The molecular weight excluding hydrogens is 222 g/mol. The fraction of sp³-hybridized carbons (Fsp3) is 0.583. The van der Waals surface area contributed by atoms with E-state index in [1.54, 1.807) is 0 Å². The first-order chi connectivity index (χ1) is 7.70. The van der Waals surface area contributed by atoms with Crippen LogP contribution >= 0.6 is 11.6 Å². The van der Waals surface area contributed by atoms with Gasteiger partial charge in [0.25, 0.3) is 0 Å². The van der Waals surface area contributed by atoms with E-state index in [0.717, 1.165) is 19.0 Å². The predicted molar refractivity (Wildman–Crippen MR) is 66.3 cm³/mol. The Labute approximate surface area is 102 Å². The van der Waals surface area contributed by atoms with Crippen LogP contribution in [0.2, 0.25) is 5.15 Å². The van der Waals surface area contributed by atoms with Gasteiger partial charge in [-0.3, -0.25) is 4.90 Å². The molecule has 2 rings (SSSR count). The molecule has 16 heavy (non-hydrogen) atoms. The summed E-state index contributed by atoms with van der Waals surface area (Å²) in [4.78, 5) is 6.41. The van der Waals surface area contributed by atoms with Crippen molar-refractivity contribution in [1.29, 1.82) is 0 Å². The molecule has 1 unspecified atom stereocenters. The van der Waals surface area contributed by atoms with Crippen LogP contribution in [-0.4, -0.2) is 29.5 Å². The van der Waals surface area contributed by atoms with E-state index in [-0.39, 0.29) is 0 Å². The van der Waals surface area contributed by atoms with Gasteiger partial charge in [0.1, 0.15) is 5.15 Å². The van der Waals surface area contributed by atoms with Gasteiger partial charge in [0.15, 0.2) is 0 Å². The minimum atomic E-state index is 0.510. The van der Waals surface area contributed by atoms with E-state index in [4.69, 9.17) is 17.3 Å². The van der Waals surface area contributed by atoms with Crippen molar-refractivity contribution in [2.75, 3.05) is 13.6 Å². The van der Waals surface area contributed by atoms with Crippen molar-refractivity contribution in [1.82, 2.24) is 9.88 Å². The smallest absolute Gasteiger partial charge is 0.129 e. The third-order valence-electron chi connectivity index (χ3n) is 3.19. The average molecular weight is 240 g/mol. The van der Waals surface area contributed by atoms with Crippen LogP contribution in [0, 0.1) is 5.92 Å². The molecule has 1 aliphatic carbocycles. The molecule has 4 heteroatoms. The normalized spacial score (nSPS) is 17.8. The number of hydrogen-bond donors (Lipinski definition) is 1. The Bertz CT molecular complexity index is 335. The van der Waals surface area contributed by atoms with E-state index in [0.29, 0.717) is 11.2 Å². The summed E-state index contributed by atoms with van der Waals surface area (Å²) < 4.78 is 0. The Hall–Kier alpha value is -0.640. The first kappa shape index (κ1) is 11.8. The summed E-state index contributed by atoms with van der Waals surface area (Å²) in [5.74, 6) is 0.801. The fourth-order valence-electron chi connectivity index (χ4n) is 2.12. The molecule has 1 atom stereocenters. The summed E-state index contributed by atoms with van der Waals surface area (Å²) in [5.41, 5.74) is 7.00. The highest BCUT2D eigenvalue weighted by atomic mass is 35.5. The van der Waals surface area contributed by atoms with Crippen molar-refractivity contribution in [2.24, 2.45) is 11.7 Å². The Morgan fingerprint density at radius 1 is 1.56 bits per heavy atom. The molecule has 0 aliphatic heterocycles. The highest BCUT2D eigenvalue weighted by Gasteiger charge is 2.32. The van der Waals surface area contributed by atoms with Crippen LogP contribution in [0.4, 0.5) is 0 Å². The van der Waals surface area contributed by atoms with Gasteiger partial charge < -0.3 is 5.73 Å². The minimum Gasteiger partial charge on any atom is -0.329 e. The second-order valence-electron chi connectivity index (χ2n) is 4.54.